The summed E-state index contributed by atoms with van der Waals surface area (Å²) in [6, 6.07) is -2.86. The molecule has 0 aliphatic carbocycles. The van der Waals surface area contributed by atoms with Gasteiger partial charge in [-0.05, 0) is 41.8 Å². The molecule has 0 spiro atoms. The largest absolute Gasteiger partial charge is 0.417 e. The zero-order chi connectivity index (χ0) is 29.2. The average molecular weight is 576 g/mol. The highest BCUT2D eigenvalue weighted by Crippen LogP contribution is 2.50. The quantitative estimate of drug-likeness (QED) is 0.313. The van der Waals surface area contributed by atoms with E-state index in [2.05, 4.69) is 0 Å². The normalized spacial score (nSPS) is 14.3. The third-order valence-corrected chi connectivity index (χ3v) is 4.77. The first-order valence-corrected chi connectivity index (χ1v) is 8.93. The predicted octanol–water partition coefficient (Wildman–Crippen LogP) is 9.39. The van der Waals surface area contributed by atoms with Gasteiger partial charge in [-0.2, -0.15) is 79.0 Å². The number of rotatable bonds is 2. The molecule has 0 nitrogen and oxygen atoms in total. The fourth-order valence-electron chi connectivity index (χ4n) is 3.49. The topological polar surface area (TPSA) is 0 Å². The third-order valence-electron chi connectivity index (χ3n) is 4.77. The van der Waals surface area contributed by atoms with E-state index in [-0.39, 0.29) is 0 Å². The van der Waals surface area contributed by atoms with E-state index < -0.39 is 112 Å². The summed E-state index contributed by atoms with van der Waals surface area (Å²) in [6.45, 7) is 0. The molecule has 0 aromatic heterocycles. The van der Waals surface area contributed by atoms with Crippen molar-refractivity contribution in [3.05, 3.63) is 68.8 Å². The Morgan fingerprint density at radius 2 is 0.541 bits per heavy atom. The number of hydrogen-bond donors (Lipinski definition) is 0. The Balaban J connectivity index is 3.22. The highest BCUT2D eigenvalue weighted by molar-refractivity contribution is 5.53. The molecule has 0 aliphatic rings. The fourth-order valence-corrected chi connectivity index (χ4v) is 3.49. The smallest absolute Gasteiger partial charge is 0.166 e. The van der Waals surface area contributed by atoms with Gasteiger partial charge in [0.2, 0.25) is 0 Å². The van der Waals surface area contributed by atoms with Gasteiger partial charge in [-0.3, -0.25) is 0 Å². The summed E-state index contributed by atoms with van der Waals surface area (Å²) in [5, 5.41) is 0. The van der Waals surface area contributed by atoms with Crippen LogP contribution in [0.3, 0.4) is 0 Å². The van der Waals surface area contributed by atoms with E-state index in [1.54, 1.807) is 0 Å². The molecule has 0 amide bonds. The van der Waals surface area contributed by atoms with Crippen molar-refractivity contribution in [2.45, 2.75) is 43.5 Å². The SMILES string of the molecule is FC(F)(F)c1ccc(C(F)(F)F)c(C(F)(F)F)c1Cc1c(C(F)(F)F)ccc(C(F)(F)F)c1C(F)(F)F. The van der Waals surface area contributed by atoms with E-state index >= 15 is 0 Å². The molecule has 0 atom stereocenters. The van der Waals surface area contributed by atoms with Gasteiger partial charge in [0.1, 0.15) is 0 Å². The molecular weight excluding hydrogens is 570 g/mol. The van der Waals surface area contributed by atoms with Crippen LogP contribution in [-0.4, -0.2) is 0 Å². The van der Waals surface area contributed by atoms with Crippen molar-refractivity contribution in [3.63, 3.8) is 0 Å². The summed E-state index contributed by atoms with van der Waals surface area (Å²) in [7, 11) is 0. The second-order valence-electron chi connectivity index (χ2n) is 7.19. The van der Waals surface area contributed by atoms with Crippen molar-refractivity contribution in [1.29, 1.82) is 0 Å². The summed E-state index contributed by atoms with van der Waals surface area (Å²) in [6.07, 6.45) is -40.2. The molecule has 0 N–H and O–H groups in total. The molecule has 2 aromatic rings. The van der Waals surface area contributed by atoms with Crippen LogP contribution >= 0.6 is 0 Å². The minimum absolute atomic E-state index is 0.679. The van der Waals surface area contributed by atoms with Crippen molar-refractivity contribution in [2.24, 2.45) is 0 Å². The first-order valence-electron chi connectivity index (χ1n) is 8.93. The van der Waals surface area contributed by atoms with Gasteiger partial charge >= 0.3 is 37.1 Å². The van der Waals surface area contributed by atoms with E-state index in [0.29, 0.717) is 0 Å². The Morgan fingerprint density at radius 1 is 0.324 bits per heavy atom. The summed E-state index contributed by atoms with van der Waals surface area (Å²) in [5.74, 6) is 0. The van der Waals surface area contributed by atoms with Crippen LogP contribution in [0.5, 0.6) is 0 Å². The molecule has 37 heavy (non-hydrogen) atoms. The summed E-state index contributed by atoms with van der Waals surface area (Å²) >= 11 is 0. The van der Waals surface area contributed by atoms with Crippen molar-refractivity contribution in [2.75, 3.05) is 0 Å². The van der Waals surface area contributed by atoms with Crippen molar-refractivity contribution < 1.29 is 79.0 Å². The maximum absolute atomic E-state index is 13.6. The van der Waals surface area contributed by atoms with Crippen LogP contribution in [0, 0.1) is 0 Å². The van der Waals surface area contributed by atoms with Gasteiger partial charge in [-0.15, -0.1) is 0 Å². The van der Waals surface area contributed by atoms with E-state index in [0.717, 1.165) is 0 Å². The number of alkyl halides is 18. The van der Waals surface area contributed by atoms with Gasteiger partial charge < -0.3 is 0 Å². The first kappa shape index (κ1) is 30.4. The van der Waals surface area contributed by atoms with Crippen LogP contribution in [0.1, 0.15) is 44.5 Å². The van der Waals surface area contributed by atoms with Crippen LogP contribution in [0.4, 0.5) is 79.0 Å². The Hall–Kier alpha value is -2.82. The van der Waals surface area contributed by atoms with E-state index in [9.17, 15) is 79.0 Å². The molecule has 0 bridgehead atoms. The fraction of sp³-hybridized carbons (Fsp3) is 0.368. The van der Waals surface area contributed by atoms with E-state index in [1.807, 2.05) is 0 Å². The minimum Gasteiger partial charge on any atom is -0.166 e. The maximum Gasteiger partial charge on any atom is 0.417 e. The van der Waals surface area contributed by atoms with Crippen LogP contribution < -0.4 is 0 Å². The molecule has 0 saturated heterocycles. The summed E-state index contributed by atoms with van der Waals surface area (Å²) < 4.78 is 241. The number of benzene rings is 2. The molecule has 0 fully saturated rings. The minimum atomic E-state index is -6.46. The number of hydrogen-bond acceptors (Lipinski definition) is 0. The summed E-state index contributed by atoms with van der Waals surface area (Å²) in [4.78, 5) is 0. The zero-order valence-corrected chi connectivity index (χ0v) is 16.8. The summed E-state index contributed by atoms with van der Waals surface area (Å²) in [5.41, 5.74) is -23.5. The highest BCUT2D eigenvalue weighted by atomic mass is 19.4. The van der Waals surface area contributed by atoms with Gasteiger partial charge in [-0.25, -0.2) is 0 Å². The van der Waals surface area contributed by atoms with E-state index in [4.69, 9.17) is 0 Å². The Kier molecular flexibility index (Phi) is 7.30. The molecule has 18 heteroatoms. The van der Waals surface area contributed by atoms with E-state index in [1.165, 1.54) is 0 Å². The molecule has 2 aromatic carbocycles. The average Bonchev–Trinajstić information content (AvgIpc) is 2.62. The Labute approximate surface area is 192 Å². The van der Waals surface area contributed by atoms with Crippen LogP contribution in [-0.2, 0) is 43.5 Å². The molecule has 0 heterocycles. The van der Waals surface area contributed by atoms with Crippen LogP contribution in [0.2, 0.25) is 0 Å². The molecule has 2 rings (SSSR count). The molecular formula is C19H6F18. The monoisotopic (exact) mass is 576 g/mol. The molecule has 0 unspecified atom stereocenters. The van der Waals surface area contributed by atoms with Gasteiger partial charge in [0.25, 0.3) is 0 Å². The highest BCUT2D eigenvalue weighted by Gasteiger charge is 2.51. The van der Waals surface area contributed by atoms with Gasteiger partial charge in [-0.1, -0.05) is 0 Å². The second-order valence-corrected chi connectivity index (χ2v) is 7.19. The van der Waals surface area contributed by atoms with Crippen LogP contribution in [0.25, 0.3) is 0 Å². The molecule has 0 radical (unpaired) electrons. The van der Waals surface area contributed by atoms with Crippen molar-refractivity contribution in [3.8, 4) is 0 Å². The van der Waals surface area contributed by atoms with Crippen molar-refractivity contribution in [1.82, 2.24) is 0 Å². The van der Waals surface area contributed by atoms with Crippen LogP contribution in [0.15, 0.2) is 24.3 Å². The third kappa shape index (κ3) is 6.37. The molecule has 208 valence electrons. The number of halogens is 18. The Bertz CT molecular complexity index is 1060. The second kappa shape index (κ2) is 8.89. The lowest BCUT2D eigenvalue weighted by Crippen LogP contribution is -2.26. The standard InChI is InChI=1S/C19H6F18/c20-14(21,22)8-1-3-10(16(26,27)28)12(18(32,33)34)6(8)5-7-9(15(23,24)25)2-4-11(17(29,30)31)13(7)19(35,36)37/h1-4H,5H2. The predicted molar refractivity (Wildman–Crippen MR) is 85.7 cm³/mol. The van der Waals surface area contributed by atoms with Crippen molar-refractivity contribution >= 4 is 0 Å². The van der Waals surface area contributed by atoms with Gasteiger partial charge in [0, 0.05) is 0 Å². The lowest BCUT2D eigenvalue weighted by Gasteiger charge is -2.26. The lowest BCUT2D eigenvalue weighted by atomic mass is 9.85. The Morgan fingerprint density at radius 3 is 0.730 bits per heavy atom. The maximum atomic E-state index is 13.6. The van der Waals surface area contributed by atoms with Gasteiger partial charge in [0.05, 0.1) is 33.4 Å². The lowest BCUT2D eigenvalue weighted by molar-refractivity contribution is -0.165. The van der Waals surface area contributed by atoms with Gasteiger partial charge in [0.15, 0.2) is 0 Å². The zero-order valence-electron chi connectivity index (χ0n) is 16.8. The molecule has 0 aliphatic heterocycles. The molecule has 0 saturated carbocycles. The first-order chi connectivity index (χ1) is 16.2.